The van der Waals surface area contributed by atoms with Crippen molar-refractivity contribution in [2.45, 2.75) is 6.54 Å². The summed E-state index contributed by atoms with van der Waals surface area (Å²) >= 11 is 0. The molecule has 0 atom stereocenters. The van der Waals surface area contributed by atoms with E-state index in [1.54, 1.807) is 0 Å². The molecule has 1 saturated heterocycles. The summed E-state index contributed by atoms with van der Waals surface area (Å²) in [7, 11) is 0. The largest absolute Gasteiger partial charge is 0.454 e. The zero-order valence-electron chi connectivity index (χ0n) is 9.36. The molecule has 0 spiro atoms. The number of fused-ring (bicyclic) bond motifs is 1. The maximum absolute atomic E-state index is 11.7. The number of ether oxygens (including phenoxy) is 2. The third-order valence-electron chi connectivity index (χ3n) is 3.08. The Morgan fingerprint density at radius 2 is 2.29 bits per heavy atom. The minimum atomic E-state index is 0.0975. The number of hydrogen-bond acceptors (Lipinski definition) is 4. The van der Waals surface area contributed by atoms with Crippen molar-refractivity contribution >= 4 is 5.91 Å². The normalized spacial score (nSPS) is 17.6. The summed E-state index contributed by atoms with van der Waals surface area (Å²) in [4.78, 5) is 11.7. The summed E-state index contributed by atoms with van der Waals surface area (Å²) in [6, 6.07) is 5.70. The fraction of sp³-hybridized carbons (Fsp3) is 0.417. The molecule has 2 aliphatic rings. The van der Waals surface area contributed by atoms with E-state index in [1.165, 1.54) is 0 Å². The summed E-state index contributed by atoms with van der Waals surface area (Å²) in [6.45, 7) is 2.30. The molecule has 90 valence electrons. The molecule has 2 heterocycles. The van der Waals surface area contributed by atoms with E-state index >= 15 is 0 Å². The van der Waals surface area contributed by atoms with Crippen LogP contribution in [-0.4, -0.2) is 25.8 Å². The van der Waals surface area contributed by atoms with Crippen molar-refractivity contribution < 1.29 is 14.3 Å². The van der Waals surface area contributed by atoms with Gasteiger partial charge in [-0.1, -0.05) is 12.1 Å². The second-order valence-corrected chi connectivity index (χ2v) is 4.22. The van der Waals surface area contributed by atoms with Crippen molar-refractivity contribution in [3.63, 3.8) is 0 Å². The smallest absolute Gasteiger partial charge is 0.231 e. The van der Waals surface area contributed by atoms with Gasteiger partial charge < -0.3 is 20.1 Å². The van der Waals surface area contributed by atoms with Crippen molar-refractivity contribution in [3.8, 4) is 11.5 Å². The van der Waals surface area contributed by atoms with E-state index in [4.69, 9.17) is 9.47 Å². The Balaban J connectivity index is 1.65. The molecule has 0 saturated carbocycles. The van der Waals surface area contributed by atoms with Crippen molar-refractivity contribution in [3.05, 3.63) is 23.8 Å². The number of rotatable bonds is 3. The molecule has 0 bridgehead atoms. The van der Waals surface area contributed by atoms with Crippen LogP contribution in [-0.2, 0) is 11.3 Å². The van der Waals surface area contributed by atoms with Crippen LogP contribution in [0.3, 0.4) is 0 Å². The van der Waals surface area contributed by atoms with Gasteiger partial charge in [0.25, 0.3) is 0 Å². The molecule has 1 aromatic carbocycles. The van der Waals surface area contributed by atoms with Gasteiger partial charge in [-0.25, -0.2) is 0 Å². The first-order valence-corrected chi connectivity index (χ1v) is 5.70. The SMILES string of the molecule is O=C(NCc1cccc2c1OCO2)C1CNC1. The van der Waals surface area contributed by atoms with E-state index in [0.29, 0.717) is 6.54 Å². The number of amides is 1. The van der Waals surface area contributed by atoms with Gasteiger partial charge in [0.2, 0.25) is 12.7 Å². The predicted octanol–water partition coefficient (Wildman–Crippen LogP) is 0.251. The van der Waals surface area contributed by atoms with Gasteiger partial charge in [0, 0.05) is 25.2 Å². The topological polar surface area (TPSA) is 59.6 Å². The minimum absolute atomic E-state index is 0.0975. The quantitative estimate of drug-likeness (QED) is 0.787. The number of hydrogen-bond donors (Lipinski definition) is 2. The molecule has 1 aromatic rings. The highest BCUT2D eigenvalue weighted by Gasteiger charge is 2.25. The van der Waals surface area contributed by atoms with Crippen LogP contribution in [0.25, 0.3) is 0 Å². The monoisotopic (exact) mass is 234 g/mol. The number of benzene rings is 1. The molecule has 2 N–H and O–H groups in total. The van der Waals surface area contributed by atoms with E-state index < -0.39 is 0 Å². The summed E-state index contributed by atoms with van der Waals surface area (Å²) in [5.74, 6) is 1.71. The van der Waals surface area contributed by atoms with Gasteiger partial charge in [0.05, 0.1) is 5.92 Å². The van der Waals surface area contributed by atoms with Crippen LogP contribution in [0, 0.1) is 5.92 Å². The fourth-order valence-electron chi connectivity index (χ4n) is 1.93. The Labute approximate surface area is 99.1 Å². The molecule has 2 aliphatic heterocycles. The van der Waals surface area contributed by atoms with Crippen molar-refractivity contribution in [2.75, 3.05) is 19.9 Å². The summed E-state index contributed by atoms with van der Waals surface area (Å²) < 4.78 is 10.7. The third kappa shape index (κ3) is 1.93. The maximum atomic E-state index is 11.7. The molecule has 0 aromatic heterocycles. The van der Waals surface area contributed by atoms with Crippen LogP contribution in [0.15, 0.2) is 18.2 Å². The number of nitrogens with one attached hydrogen (secondary N) is 2. The van der Waals surface area contributed by atoms with Crippen LogP contribution in [0.5, 0.6) is 11.5 Å². The van der Waals surface area contributed by atoms with E-state index in [0.717, 1.165) is 30.2 Å². The first-order valence-electron chi connectivity index (χ1n) is 5.70. The van der Waals surface area contributed by atoms with Gasteiger partial charge >= 0.3 is 0 Å². The van der Waals surface area contributed by atoms with Gasteiger partial charge in [-0.2, -0.15) is 0 Å². The molecule has 3 rings (SSSR count). The van der Waals surface area contributed by atoms with Crippen molar-refractivity contribution in [1.29, 1.82) is 0 Å². The summed E-state index contributed by atoms with van der Waals surface area (Å²) in [5.41, 5.74) is 0.959. The average molecular weight is 234 g/mol. The van der Waals surface area contributed by atoms with Crippen molar-refractivity contribution in [2.24, 2.45) is 5.92 Å². The molecule has 1 fully saturated rings. The second kappa shape index (κ2) is 4.25. The molecule has 5 heteroatoms. The zero-order valence-corrected chi connectivity index (χ0v) is 9.36. The van der Waals surface area contributed by atoms with Crippen LogP contribution >= 0.6 is 0 Å². The molecule has 0 radical (unpaired) electrons. The lowest BCUT2D eigenvalue weighted by molar-refractivity contribution is -0.126. The fourth-order valence-corrected chi connectivity index (χ4v) is 1.93. The molecule has 1 amide bonds. The highest BCUT2D eigenvalue weighted by molar-refractivity contribution is 5.80. The van der Waals surface area contributed by atoms with Gasteiger partial charge in [-0.15, -0.1) is 0 Å². The Bertz CT molecular complexity index is 443. The zero-order chi connectivity index (χ0) is 11.7. The lowest BCUT2D eigenvalue weighted by Gasteiger charge is -2.25. The standard InChI is InChI=1S/C12H14N2O3/c15-12(9-4-13-5-9)14-6-8-2-1-3-10-11(8)17-7-16-10/h1-3,9,13H,4-7H2,(H,14,15). The van der Waals surface area contributed by atoms with E-state index in [1.807, 2.05) is 18.2 Å². The van der Waals surface area contributed by atoms with Crippen LogP contribution in [0.1, 0.15) is 5.56 Å². The maximum Gasteiger partial charge on any atom is 0.231 e. The van der Waals surface area contributed by atoms with Crippen LogP contribution in [0.4, 0.5) is 0 Å². The minimum Gasteiger partial charge on any atom is -0.454 e. The Kier molecular flexibility index (Phi) is 2.60. The molecule has 0 unspecified atom stereocenters. The molecule has 0 aliphatic carbocycles. The Morgan fingerprint density at radius 3 is 3.06 bits per heavy atom. The second-order valence-electron chi connectivity index (χ2n) is 4.22. The van der Waals surface area contributed by atoms with E-state index in [-0.39, 0.29) is 18.6 Å². The first kappa shape index (κ1) is 10.4. The van der Waals surface area contributed by atoms with Gasteiger partial charge in [-0.3, -0.25) is 4.79 Å². The average Bonchev–Trinajstić information content (AvgIpc) is 2.72. The molecule has 5 nitrogen and oxygen atoms in total. The van der Waals surface area contributed by atoms with Crippen molar-refractivity contribution in [1.82, 2.24) is 10.6 Å². The van der Waals surface area contributed by atoms with Crippen LogP contribution in [0.2, 0.25) is 0 Å². The molecular weight excluding hydrogens is 220 g/mol. The van der Waals surface area contributed by atoms with Gasteiger partial charge in [0.1, 0.15) is 0 Å². The lowest BCUT2D eigenvalue weighted by Crippen LogP contribution is -2.50. The molecule has 17 heavy (non-hydrogen) atoms. The Hall–Kier alpha value is -1.75. The summed E-state index contributed by atoms with van der Waals surface area (Å²) in [5, 5.41) is 5.99. The lowest BCUT2D eigenvalue weighted by atomic mass is 10.0. The predicted molar refractivity (Wildman–Crippen MR) is 60.8 cm³/mol. The number of para-hydroxylation sites is 1. The van der Waals surface area contributed by atoms with Crippen LogP contribution < -0.4 is 20.1 Å². The Morgan fingerprint density at radius 1 is 1.41 bits per heavy atom. The van der Waals surface area contributed by atoms with E-state index in [9.17, 15) is 4.79 Å². The van der Waals surface area contributed by atoms with Gasteiger partial charge in [-0.05, 0) is 6.07 Å². The first-order chi connectivity index (χ1) is 8.34. The molecular formula is C12H14N2O3. The highest BCUT2D eigenvalue weighted by Crippen LogP contribution is 2.35. The van der Waals surface area contributed by atoms with Gasteiger partial charge in [0.15, 0.2) is 11.5 Å². The number of carbonyl (C=O) groups is 1. The summed E-state index contributed by atoms with van der Waals surface area (Å²) in [6.07, 6.45) is 0. The number of carbonyl (C=O) groups excluding carboxylic acids is 1. The third-order valence-corrected chi connectivity index (χ3v) is 3.08. The van der Waals surface area contributed by atoms with E-state index in [2.05, 4.69) is 10.6 Å². The highest BCUT2D eigenvalue weighted by atomic mass is 16.7.